The van der Waals surface area contributed by atoms with E-state index in [4.69, 9.17) is 0 Å². The predicted molar refractivity (Wildman–Crippen MR) is 70.9 cm³/mol. The van der Waals surface area contributed by atoms with E-state index in [2.05, 4.69) is 31.0 Å². The van der Waals surface area contributed by atoms with E-state index in [1.807, 2.05) is 24.4 Å². The number of rotatable bonds is 4. The van der Waals surface area contributed by atoms with Crippen LogP contribution < -0.4 is 0 Å². The lowest BCUT2D eigenvalue weighted by Crippen LogP contribution is -2.15. The maximum absolute atomic E-state index is 9.84. The van der Waals surface area contributed by atoms with Gasteiger partial charge in [-0.2, -0.15) is 0 Å². The lowest BCUT2D eigenvalue weighted by molar-refractivity contribution is 0.116. The molecular weight excluding hydrogens is 210 g/mol. The van der Waals surface area contributed by atoms with Crippen LogP contribution in [0.25, 0.3) is 10.9 Å². The number of nitrogens with zero attached hydrogens (tertiary/aromatic N) is 1. The first kappa shape index (κ1) is 12.1. The molecule has 0 fully saturated rings. The molecule has 0 saturated heterocycles. The van der Waals surface area contributed by atoms with Crippen LogP contribution in [0, 0.1) is 5.92 Å². The van der Waals surface area contributed by atoms with Gasteiger partial charge in [-0.1, -0.05) is 32.0 Å². The van der Waals surface area contributed by atoms with E-state index in [-0.39, 0.29) is 6.10 Å². The third-order valence-corrected chi connectivity index (χ3v) is 3.21. The molecule has 1 aromatic carbocycles. The molecule has 17 heavy (non-hydrogen) atoms. The van der Waals surface area contributed by atoms with Crippen LogP contribution in [0.4, 0.5) is 0 Å². The first-order valence-electron chi connectivity index (χ1n) is 6.19. The zero-order valence-corrected chi connectivity index (χ0v) is 10.4. The molecule has 1 aromatic heterocycles. The fraction of sp³-hybridized carbons (Fsp3) is 0.400. The number of aliphatic hydroxyl groups is 1. The molecule has 1 unspecified atom stereocenters. The smallest absolute Gasteiger partial charge is 0.0704 e. The van der Waals surface area contributed by atoms with E-state index < -0.39 is 0 Å². The lowest BCUT2D eigenvalue weighted by atomic mass is 9.97. The van der Waals surface area contributed by atoms with Crippen molar-refractivity contribution >= 4 is 10.9 Å². The largest absolute Gasteiger partial charge is 0.393 e. The van der Waals surface area contributed by atoms with Crippen LogP contribution in [0.5, 0.6) is 0 Å². The predicted octanol–water partition coefficient (Wildman–Crippen LogP) is 3.18. The zero-order chi connectivity index (χ0) is 12.3. The maximum atomic E-state index is 9.84. The van der Waals surface area contributed by atoms with Crippen molar-refractivity contribution in [3.8, 4) is 0 Å². The highest BCUT2D eigenvalue weighted by molar-refractivity contribution is 5.81. The topological polar surface area (TPSA) is 33.1 Å². The first-order chi connectivity index (χ1) is 8.18. The van der Waals surface area contributed by atoms with Crippen molar-refractivity contribution in [2.45, 2.75) is 32.8 Å². The van der Waals surface area contributed by atoms with Crippen molar-refractivity contribution in [1.29, 1.82) is 0 Å². The van der Waals surface area contributed by atoms with E-state index in [0.29, 0.717) is 5.92 Å². The molecule has 2 aromatic rings. The Morgan fingerprint density at radius 1 is 1.18 bits per heavy atom. The summed E-state index contributed by atoms with van der Waals surface area (Å²) in [6.45, 7) is 4.10. The minimum atomic E-state index is -0.220. The third kappa shape index (κ3) is 2.83. The van der Waals surface area contributed by atoms with Crippen molar-refractivity contribution < 1.29 is 5.11 Å². The number of fused-ring (bicyclic) bond motifs is 1. The number of benzene rings is 1. The van der Waals surface area contributed by atoms with Gasteiger partial charge < -0.3 is 5.11 Å². The maximum Gasteiger partial charge on any atom is 0.0704 e. The molecule has 90 valence electrons. The van der Waals surface area contributed by atoms with E-state index in [1.54, 1.807) is 0 Å². The van der Waals surface area contributed by atoms with Crippen LogP contribution in [0.2, 0.25) is 0 Å². The second-order valence-electron chi connectivity index (χ2n) is 4.84. The van der Waals surface area contributed by atoms with Gasteiger partial charge in [0.25, 0.3) is 0 Å². The SMILES string of the molecule is CC(C)C(O)CCc1cccc2ncccc12. The second-order valence-corrected chi connectivity index (χ2v) is 4.84. The summed E-state index contributed by atoms with van der Waals surface area (Å²) >= 11 is 0. The van der Waals surface area contributed by atoms with Gasteiger partial charge in [0.05, 0.1) is 11.6 Å². The fourth-order valence-corrected chi connectivity index (χ4v) is 2.02. The van der Waals surface area contributed by atoms with Gasteiger partial charge in [0.2, 0.25) is 0 Å². The minimum absolute atomic E-state index is 0.220. The molecule has 1 atom stereocenters. The first-order valence-corrected chi connectivity index (χ1v) is 6.19. The summed E-state index contributed by atoms with van der Waals surface area (Å²) in [5.41, 5.74) is 2.30. The molecule has 0 radical (unpaired) electrons. The van der Waals surface area contributed by atoms with Crippen molar-refractivity contribution in [3.63, 3.8) is 0 Å². The summed E-state index contributed by atoms with van der Waals surface area (Å²) in [7, 11) is 0. The average molecular weight is 229 g/mol. The van der Waals surface area contributed by atoms with Gasteiger partial charge in [0.1, 0.15) is 0 Å². The van der Waals surface area contributed by atoms with Gasteiger partial charge in [0, 0.05) is 11.6 Å². The molecule has 0 aliphatic carbocycles. The highest BCUT2D eigenvalue weighted by Gasteiger charge is 2.10. The molecule has 0 aliphatic rings. The van der Waals surface area contributed by atoms with E-state index >= 15 is 0 Å². The summed E-state index contributed by atoms with van der Waals surface area (Å²) in [6, 6.07) is 10.2. The number of aromatic nitrogens is 1. The lowest BCUT2D eigenvalue weighted by Gasteiger charge is -2.14. The van der Waals surface area contributed by atoms with Gasteiger partial charge in [-0.15, -0.1) is 0 Å². The Morgan fingerprint density at radius 3 is 2.76 bits per heavy atom. The Balaban J connectivity index is 2.19. The zero-order valence-electron chi connectivity index (χ0n) is 10.4. The van der Waals surface area contributed by atoms with Gasteiger partial charge in [-0.05, 0) is 36.5 Å². The summed E-state index contributed by atoms with van der Waals surface area (Å²) < 4.78 is 0. The Kier molecular flexibility index (Phi) is 3.75. The van der Waals surface area contributed by atoms with Crippen LogP contribution >= 0.6 is 0 Å². The summed E-state index contributed by atoms with van der Waals surface area (Å²) in [5.74, 6) is 0.322. The van der Waals surface area contributed by atoms with E-state index in [9.17, 15) is 5.11 Å². The molecule has 1 N–H and O–H groups in total. The molecular formula is C15H19NO. The Bertz CT molecular complexity index is 488. The van der Waals surface area contributed by atoms with Crippen LogP contribution in [0.1, 0.15) is 25.8 Å². The van der Waals surface area contributed by atoms with Crippen LogP contribution in [-0.4, -0.2) is 16.2 Å². The van der Waals surface area contributed by atoms with Crippen molar-refractivity contribution in [1.82, 2.24) is 4.98 Å². The van der Waals surface area contributed by atoms with Gasteiger partial charge in [-0.25, -0.2) is 0 Å². The van der Waals surface area contributed by atoms with Gasteiger partial charge in [0.15, 0.2) is 0 Å². The number of pyridine rings is 1. The van der Waals surface area contributed by atoms with Crippen LogP contribution in [0.15, 0.2) is 36.5 Å². The highest BCUT2D eigenvalue weighted by atomic mass is 16.3. The highest BCUT2D eigenvalue weighted by Crippen LogP contribution is 2.19. The molecule has 2 heteroatoms. The summed E-state index contributed by atoms with van der Waals surface area (Å²) in [6.07, 6.45) is 3.31. The normalized spacial score (nSPS) is 13.2. The average Bonchev–Trinajstić information content (AvgIpc) is 2.35. The van der Waals surface area contributed by atoms with E-state index in [1.165, 1.54) is 10.9 Å². The fourth-order valence-electron chi connectivity index (χ4n) is 2.02. The Labute approximate surface area is 102 Å². The van der Waals surface area contributed by atoms with Crippen LogP contribution in [-0.2, 0) is 6.42 Å². The number of aliphatic hydroxyl groups excluding tert-OH is 1. The molecule has 2 rings (SSSR count). The molecule has 0 spiro atoms. The number of hydrogen-bond donors (Lipinski definition) is 1. The van der Waals surface area contributed by atoms with Gasteiger partial charge in [-0.3, -0.25) is 4.98 Å². The monoisotopic (exact) mass is 229 g/mol. The minimum Gasteiger partial charge on any atom is -0.393 e. The molecule has 0 aliphatic heterocycles. The van der Waals surface area contributed by atoms with Crippen molar-refractivity contribution in [2.75, 3.05) is 0 Å². The third-order valence-electron chi connectivity index (χ3n) is 3.21. The molecule has 0 bridgehead atoms. The summed E-state index contributed by atoms with van der Waals surface area (Å²) in [4.78, 5) is 4.34. The van der Waals surface area contributed by atoms with Gasteiger partial charge >= 0.3 is 0 Å². The molecule has 0 saturated carbocycles. The molecule has 2 nitrogen and oxygen atoms in total. The number of hydrogen-bond acceptors (Lipinski definition) is 2. The second kappa shape index (κ2) is 5.28. The number of aryl methyl sites for hydroxylation is 1. The quantitative estimate of drug-likeness (QED) is 0.873. The Hall–Kier alpha value is -1.41. The van der Waals surface area contributed by atoms with Crippen molar-refractivity contribution in [2.24, 2.45) is 5.92 Å². The Morgan fingerprint density at radius 2 is 2.00 bits per heavy atom. The summed E-state index contributed by atoms with van der Waals surface area (Å²) in [5, 5.41) is 11.0. The standard InChI is InChI=1S/C15H19NO/c1-11(2)15(17)9-8-12-5-3-7-14-13(12)6-4-10-16-14/h3-7,10-11,15,17H,8-9H2,1-2H3. The van der Waals surface area contributed by atoms with Crippen molar-refractivity contribution in [3.05, 3.63) is 42.1 Å². The van der Waals surface area contributed by atoms with E-state index in [0.717, 1.165) is 18.4 Å². The molecule has 0 amide bonds. The molecule has 1 heterocycles. The van der Waals surface area contributed by atoms with Crippen LogP contribution in [0.3, 0.4) is 0 Å².